The molecule has 0 spiro atoms. The fourth-order valence-electron chi connectivity index (χ4n) is 3.14. The monoisotopic (exact) mass is 285 g/mol. The molecule has 1 amide bonds. The number of H-pyrrole nitrogens is 1. The van der Waals surface area contributed by atoms with E-state index in [0.29, 0.717) is 0 Å². The van der Waals surface area contributed by atoms with Gasteiger partial charge in [-0.25, -0.2) is 0 Å². The number of fused-ring (bicyclic) bond motifs is 1. The standard InChI is InChI=1S/C17H23N3O/c1-18-8-4-13-6-10-20(11-7-13)17(21)15-2-3-16-14(12-15)5-9-19-16/h2-3,5,9,12-13,18-19H,4,6-8,10-11H2,1H3. The molecule has 1 aliphatic heterocycles. The van der Waals surface area contributed by atoms with Crippen molar-refractivity contribution in [3.05, 3.63) is 36.0 Å². The number of hydrogen-bond donors (Lipinski definition) is 2. The fraction of sp³-hybridized carbons (Fsp3) is 0.471. The molecule has 4 nitrogen and oxygen atoms in total. The van der Waals surface area contributed by atoms with Crippen LogP contribution in [0.25, 0.3) is 10.9 Å². The molecule has 1 aromatic carbocycles. The van der Waals surface area contributed by atoms with Crippen LogP contribution in [-0.4, -0.2) is 42.5 Å². The number of carbonyl (C=O) groups excluding carboxylic acids is 1. The van der Waals surface area contributed by atoms with E-state index >= 15 is 0 Å². The number of carbonyl (C=O) groups is 1. The number of hydrogen-bond acceptors (Lipinski definition) is 2. The van der Waals surface area contributed by atoms with Crippen molar-refractivity contribution in [2.45, 2.75) is 19.3 Å². The molecular weight excluding hydrogens is 262 g/mol. The Labute approximate surface area is 125 Å². The number of benzene rings is 1. The van der Waals surface area contributed by atoms with Gasteiger partial charge in [0.05, 0.1) is 0 Å². The second-order valence-corrected chi connectivity index (χ2v) is 5.91. The molecule has 2 N–H and O–H groups in total. The van der Waals surface area contributed by atoms with Crippen molar-refractivity contribution in [2.75, 3.05) is 26.7 Å². The van der Waals surface area contributed by atoms with Crippen LogP contribution >= 0.6 is 0 Å². The van der Waals surface area contributed by atoms with Crippen molar-refractivity contribution in [1.29, 1.82) is 0 Å². The van der Waals surface area contributed by atoms with Crippen LogP contribution in [0.3, 0.4) is 0 Å². The van der Waals surface area contributed by atoms with Crippen LogP contribution in [0.1, 0.15) is 29.6 Å². The predicted octanol–water partition coefficient (Wildman–Crippen LogP) is 2.63. The minimum Gasteiger partial charge on any atom is -0.361 e. The zero-order chi connectivity index (χ0) is 14.7. The minimum absolute atomic E-state index is 0.171. The molecule has 0 saturated carbocycles. The summed E-state index contributed by atoms with van der Waals surface area (Å²) in [6, 6.07) is 7.91. The van der Waals surface area contributed by atoms with Gasteiger partial charge in [0.25, 0.3) is 5.91 Å². The SMILES string of the molecule is CNCCC1CCN(C(=O)c2ccc3[nH]ccc3c2)CC1. The fourth-order valence-corrected chi connectivity index (χ4v) is 3.14. The lowest BCUT2D eigenvalue weighted by molar-refractivity contribution is 0.0687. The Hall–Kier alpha value is -1.81. The molecule has 0 bridgehead atoms. The van der Waals surface area contributed by atoms with Gasteiger partial charge in [-0.05, 0) is 63.0 Å². The number of nitrogens with zero attached hydrogens (tertiary/aromatic N) is 1. The second kappa shape index (κ2) is 6.31. The average Bonchev–Trinajstić information content (AvgIpc) is 3.00. The normalized spacial score (nSPS) is 16.5. The summed E-state index contributed by atoms with van der Waals surface area (Å²) in [6.45, 7) is 2.85. The third-order valence-corrected chi connectivity index (χ3v) is 4.50. The first kappa shape index (κ1) is 14.1. The van der Waals surface area contributed by atoms with Crippen LogP contribution in [0.5, 0.6) is 0 Å². The Bertz CT molecular complexity index is 611. The summed E-state index contributed by atoms with van der Waals surface area (Å²) in [5.74, 6) is 0.929. The molecule has 112 valence electrons. The Morgan fingerprint density at radius 1 is 1.33 bits per heavy atom. The van der Waals surface area contributed by atoms with Gasteiger partial charge < -0.3 is 15.2 Å². The van der Waals surface area contributed by atoms with Crippen LogP contribution < -0.4 is 5.32 Å². The topological polar surface area (TPSA) is 48.1 Å². The summed E-state index contributed by atoms with van der Waals surface area (Å²) in [7, 11) is 2.00. The Morgan fingerprint density at radius 2 is 2.14 bits per heavy atom. The maximum atomic E-state index is 12.6. The van der Waals surface area contributed by atoms with Crippen LogP contribution in [0.15, 0.2) is 30.5 Å². The molecule has 21 heavy (non-hydrogen) atoms. The number of rotatable bonds is 4. The van der Waals surface area contributed by atoms with Crippen molar-refractivity contribution < 1.29 is 4.79 Å². The van der Waals surface area contributed by atoms with Crippen LogP contribution in [0.4, 0.5) is 0 Å². The third-order valence-electron chi connectivity index (χ3n) is 4.50. The van der Waals surface area contributed by atoms with E-state index in [9.17, 15) is 4.79 Å². The molecular formula is C17H23N3O. The first-order valence-electron chi connectivity index (χ1n) is 7.79. The summed E-state index contributed by atoms with van der Waals surface area (Å²) >= 11 is 0. The number of aromatic nitrogens is 1. The maximum Gasteiger partial charge on any atom is 0.253 e. The van der Waals surface area contributed by atoms with E-state index in [1.165, 1.54) is 6.42 Å². The molecule has 1 fully saturated rings. The first-order valence-corrected chi connectivity index (χ1v) is 7.79. The molecule has 2 aromatic rings. The zero-order valence-corrected chi connectivity index (χ0v) is 12.6. The Morgan fingerprint density at radius 3 is 2.90 bits per heavy atom. The molecule has 0 aliphatic carbocycles. The average molecular weight is 285 g/mol. The van der Waals surface area contributed by atoms with E-state index in [4.69, 9.17) is 0 Å². The molecule has 3 rings (SSSR count). The van der Waals surface area contributed by atoms with Crippen LogP contribution in [-0.2, 0) is 0 Å². The molecule has 2 heterocycles. The van der Waals surface area contributed by atoms with E-state index < -0.39 is 0 Å². The molecule has 1 saturated heterocycles. The molecule has 0 atom stereocenters. The van der Waals surface area contributed by atoms with Gasteiger partial charge in [0.15, 0.2) is 0 Å². The Balaban J connectivity index is 1.63. The lowest BCUT2D eigenvalue weighted by Gasteiger charge is -2.32. The highest BCUT2D eigenvalue weighted by Gasteiger charge is 2.23. The largest absolute Gasteiger partial charge is 0.361 e. The predicted molar refractivity (Wildman–Crippen MR) is 85.5 cm³/mol. The van der Waals surface area contributed by atoms with Gasteiger partial charge in [0, 0.05) is 35.8 Å². The summed E-state index contributed by atoms with van der Waals surface area (Å²) in [4.78, 5) is 17.8. The number of likely N-dealkylation sites (tertiary alicyclic amines) is 1. The van der Waals surface area contributed by atoms with Crippen molar-refractivity contribution in [1.82, 2.24) is 15.2 Å². The highest BCUT2D eigenvalue weighted by Crippen LogP contribution is 2.22. The van der Waals surface area contributed by atoms with Crippen LogP contribution in [0, 0.1) is 5.92 Å². The number of nitrogens with one attached hydrogen (secondary N) is 2. The second-order valence-electron chi connectivity index (χ2n) is 5.91. The van der Waals surface area contributed by atoms with E-state index in [1.807, 2.05) is 42.4 Å². The van der Waals surface area contributed by atoms with Crippen molar-refractivity contribution in [3.8, 4) is 0 Å². The zero-order valence-electron chi connectivity index (χ0n) is 12.6. The molecule has 0 unspecified atom stereocenters. The van der Waals surface area contributed by atoms with Crippen molar-refractivity contribution >= 4 is 16.8 Å². The minimum atomic E-state index is 0.171. The van der Waals surface area contributed by atoms with E-state index in [-0.39, 0.29) is 5.91 Å². The number of piperidine rings is 1. The molecule has 4 heteroatoms. The van der Waals surface area contributed by atoms with Gasteiger partial charge in [-0.3, -0.25) is 4.79 Å². The third kappa shape index (κ3) is 3.10. The lowest BCUT2D eigenvalue weighted by Crippen LogP contribution is -2.38. The van der Waals surface area contributed by atoms with Gasteiger partial charge in [0.2, 0.25) is 0 Å². The van der Waals surface area contributed by atoms with Gasteiger partial charge >= 0.3 is 0 Å². The first-order chi connectivity index (χ1) is 10.3. The highest BCUT2D eigenvalue weighted by atomic mass is 16.2. The van der Waals surface area contributed by atoms with Crippen LogP contribution in [0.2, 0.25) is 0 Å². The van der Waals surface area contributed by atoms with Crippen molar-refractivity contribution in [2.24, 2.45) is 5.92 Å². The van der Waals surface area contributed by atoms with E-state index in [0.717, 1.165) is 54.9 Å². The smallest absolute Gasteiger partial charge is 0.253 e. The quantitative estimate of drug-likeness (QED) is 0.907. The lowest BCUT2D eigenvalue weighted by atomic mass is 9.93. The molecule has 0 radical (unpaired) electrons. The summed E-state index contributed by atoms with van der Waals surface area (Å²) in [6.07, 6.45) is 5.37. The maximum absolute atomic E-state index is 12.6. The van der Waals surface area contributed by atoms with Crippen molar-refractivity contribution in [3.63, 3.8) is 0 Å². The van der Waals surface area contributed by atoms with Gasteiger partial charge in [-0.15, -0.1) is 0 Å². The molecule has 1 aromatic heterocycles. The Kier molecular flexibility index (Phi) is 4.25. The van der Waals surface area contributed by atoms with Gasteiger partial charge in [-0.2, -0.15) is 0 Å². The highest BCUT2D eigenvalue weighted by molar-refractivity contribution is 5.98. The molecule has 1 aliphatic rings. The van der Waals surface area contributed by atoms with E-state index in [1.54, 1.807) is 0 Å². The number of aromatic amines is 1. The van der Waals surface area contributed by atoms with Gasteiger partial charge in [0.1, 0.15) is 0 Å². The van der Waals surface area contributed by atoms with Gasteiger partial charge in [-0.1, -0.05) is 0 Å². The summed E-state index contributed by atoms with van der Waals surface area (Å²) < 4.78 is 0. The van der Waals surface area contributed by atoms with E-state index in [2.05, 4.69) is 10.3 Å². The summed E-state index contributed by atoms with van der Waals surface area (Å²) in [5.41, 5.74) is 1.88. The number of amides is 1. The summed E-state index contributed by atoms with van der Waals surface area (Å²) in [5, 5.41) is 4.31.